The van der Waals surface area contributed by atoms with Crippen LogP contribution in [0.5, 0.6) is 5.75 Å². The first-order chi connectivity index (χ1) is 15.0. The van der Waals surface area contributed by atoms with Crippen LogP contribution in [0, 0.1) is 31.6 Å². The summed E-state index contributed by atoms with van der Waals surface area (Å²) < 4.78 is 17.3. The molecule has 1 saturated carbocycles. The molecule has 1 N–H and O–H groups in total. The molecule has 3 aliphatic rings. The van der Waals surface area contributed by atoms with Gasteiger partial charge in [-0.25, -0.2) is 0 Å². The monoisotopic (exact) mass is 418 g/mol. The lowest BCUT2D eigenvalue weighted by Gasteiger charge is -2.20. The minimum atomic E-state index is -0.748. The maximum absolute atomic E-state index is 11.2. The van der Waals surface area contributed by atoms with Crippen LogP contribution in [0.2, 0.25) is 0 Å². The van der Waals surface area contributed by atoms with Gasteiger partial charge in [0.05, 0.1) is 7.11 Å². The van der Waals surface area contributed by atoms with E-state index in [9.17, 15) is 9.90 Å². The quantitative estimate of drug-likeness (QED) is 0.714. The Morgan fingerprint density at radius 2 is 1.97 bits per heavy atom. The van der Waals surface area contributed by atoms with Crippen LogP contribution in [0.15, 0.2) is 60.1 Å². The van der Waals surface area contributed by atoms with Gasteiger partial charge in [0.25, 0.3) is 0 Å². The largest absolute Gasteiger partial charge is 0.497 e. The molecule has 0 amide bonds. The van der Waals surface area contributed by atoms with Crippen molar-refractivity contribution < 1.29 is 24.1 Å². The molecule has 0 bridgehead atoms. The van der Waals surface area contributed by atoms with E-state index < -0.39 is 5.97 Å². The molecule has 2 fully saturated rings. The van der Waals surface area contributed by atoms with Gasteiger partial charge in [-0.3, -0.25) is 4.79 Å². The Bertz CT molecular complexity index is 1090. The zero-order valence-corrected chi connectivity index (χ0v) is 17.9. The molecule has 1 heterocycles. The summed E-state index contributed by atoms with van der Waals surface area (Å²) in [6.45, 7) is 4.67. The second kappa shape index (κ2) is 7.49. The Kier molecular flexibility index (Phi) is 4.77. The van der Waals surface area contributed by atoms with E-state index in [4.69, 9.17) is 14.2 Å². The van der Waals surface area contributed by atoms with Crippen LogP contribution in [-0.2, 0) is 20.9 Å². The minimum Gasteiger partial charge on any atom is -0.497 e. The number of carboxylic acids is 1. The third kappa shape index (κ3) is 3.48. The molecule has 0 aromatic heterocycles. The Morgan fingerprint density at radius 3 is 2.68 bits per heavy atom. The first kappa shape index (κ1) is 19.7. The number of carbonyl (C=O) groups is 1. The summed E-state index contributed by atoms with van der Waals surface area (Å²) in [5.41, 5.74) is 5.83. The molecule has 1 unspecified atom stereocenters. The summed E-state index contributed by atoms with van der Waals surface area (Å²) in [6.07, 6.45) is 4.60. The van der Waals surface area contributed by atoms with Gasteiger partial charge in [0, 0.05) is 17.9 Å². The van der Waals surface area contributed by atoms with E-state index in [2.05, 4.69) is 56.3 Å². The van der Waals surface area contributed by atoms with Crippen molar-refractivity contribution in [2.75, 3.05) is 7.11 Å². The average molecular weight is 418 g/mol. The molecule has 2 aromatic rings. The van der Waals surface area contributed by atoms with Crippen molar-refractivity contribution in [1.82, 2.24) is 0 Å². The number of benzene rings is 2. The van der Waals surface area contributed by atoms with Crippen molar-refractivity contribution in [3.05, 3.63) is 76.8 Å². The van der Waals surface area contributed by atoms with Gasteiger partial charge in [0.2, 0.25) is 0 Å². The number of rotatable bonds is 6. The van der Waals surface area contributed by atoms with Gasteiger partial charge >= 0.3 is 5.97 Å². The minimum absolute atomic E-state index is 0.120. The predicted molar refractivity (Wildman–Crippen MR) is 116 cm³/mol. The van der Waals surface area contributed by atoms with Crippen molar-refractivity contribution in [2.45, 2.75) is 33.0 Å². The van der Waals surface area contributed by atoms with Crippen molar-refractivity contribution in [3.8, 4) is 16.9 Å². The van der Waals surface area contributed by atoms with E-state index in [1.807, 2.05) is 6.08 Å². The second-order valence-electron chi connectivity index (χ2n) is 8.64. The lowest BCUT2D eigenvalue weighted by atomic mass is 9.92. The number of allylic oxidation sites excluding steroid dienone is 3. The molecule has 2 aliphatic carbocycles. The van der Waals surface area contributed by atoms with E-state index in [-0.39, 0.29) is 23.9 Å². The van der Waals surface area contributed by atoms with E-state index >= 15 is 0 Å². The molecule has 5 heteroatoms. The predicted octanol–water partition coefficient (Wildman–Crippen LogP) is 5.01. The van der Waals surface area contributed by atoms with Gasteiger partial charge in [0.15, 0.2) is 0 Å². The van der Waals surface area contributed by atoms with Crippen LogP contribution >= 0.6 is 0 Å². The SMILES string of the molecule is COc1cc(C)c(-c2cccc(COC3=CCC4C(=C3)O[C@H]3[C@H](C(=O)O)[C@@H]43)c2)c(C)c1. The Balaban J connectivity index is 1.27. The molecule has 0 radical (unpaired) electrons. The normalized spacial score (nSPS) is 25.5. The molecule has 0 spiro atoms. The van der Waals surface area contributed by atoms with Crippen LogP contribution < -0.4 is 4.74 Å². The van der Waals surface area contributed by atoms with Crippen molar-refractivity contribution >= 4 is 5.97 Å². The number of carboxylic acid groups (broad SMARTS) is 1. The van der Waals surface area contributed by atoms with Crippen LogP contribution in [0.1, 0.15) is 23.1 Å². The molecule has 4 atom stereocenters. The van der Waals surface area contributed by atoms with Crippen molar-refractivity contribution in [3.63, 3.8) is 0 Å². The number of aliphatic carboxylic acids is 1. The third-order valence-electron chi connectivity index (χ3n) is 6.62. The maximum atomic E-state index is 11.2. The number of fused-ring (bicyclic) bond motifs is 3. The van der Waals surface area contributed by atoms with E-state index in [0.29, 0.717) is 6.61 Å². The fourth-order valence-electron chi connectivity index (χ4n) is 5.11. The molecular formula is C26H26O5. The van der Waals surface area contributed by atoms with Gasteiger partial charge < -0.3 is 19.3 Å². The molecule has 1 aliphatic heterocycles. The lowest BCUT2D eigenvalue weighted by Crippen LogP contribution is -2.15. The van der Waals surface area contributed by atoms with Crippen molar-refractivity contribution in [2.24, 2.45) is 17.8 Å². The highest BCUT2D eigenvalue weighted by atomic mass is 16.5. The van der Waals surface area contributed by atoms with E-state index in [1.54, 1.807) is 7.11 Å². The number of aryl methyl sites for hydroxylation is 2. The zero-order valence-electron chi connectivity index (χ0n) is 17.9. The fraction of sp³-hybridized carbons (Fsp3) is 0.346. The average Bonchev–Trinajstić information content (AvgIpc) is 3.34. The summed E-state index contributed by atoms with van der Waals surface area (Å²) in [7, 11) is 1.69. The first-order valence-electron chi connectivity index (χ1n) is 10.6. The van der Waals surface area contributed by atoms with Gasteiger partial charge in [-0.15, -0.1) is 0 Å². The molecular weight excluding hydrogens is 392 g/mol. The summed E-state index contributed by atoms with van der Waals surface area (Å²) >= 11 is 0. The zero-order chi connectivity index (χ0) is 21.7. The Morgan fingerprint density at radius 1 is 1.19 bits per heavy atom. The highest BCUT2D eigenvalue weighted by Gasteiger charge is 2.66. The second-order valence-corrected chi connectivity index (χ2v) is 8.64. The first-order valence-corrected chi connectivity index (χ1v) is 10.6. The van der Waals surface area contributed by atoms with E-state index in [1.165, 1.54) is 16.7 Å². The topological polar surface area (TPSA) is 65.0 Å². The number of methoxy groups -OCH3 is 1. The van der Waals surface area contributed by atoms with Crippen molar-refractivity contribution in [1.29, 1.82) is 0 Å². The third-order valence-corrected chi connectivity index (χ3v) is 6.62. The number of hydrogen-bond donors (Lipinski definition) is 1. The highest BCUT2D eigenvalue weighted by molar-refractivity contribution is 5.76. The standard InChI is InChI=1S/C26H26O5/c1-14-9-19(29-3)10-15(2)22(14)17-6-4-5-16(11-17)13-30-18-7-8-20-21(12-18)31-25-23(20)24(25)26(27)28/h4-7,9-12,20,23-25H,8,13H2,1-3H3,(H,27,28)/t20?,23-,24-,25-/m1/s1. The van der Waals surface area contributed by atoms with Crippen LogP contribution in [0.25, 0.3) is 11.1 Å². The Labute approximate surface area is 181 Å². The van der Waals surface area contributed by atoms with Crippen LogP contribution in [0.4, 0.5) is 0 Å². The molecule has 5 nitrogen and oxygen atoms in total. The fourth-order valence-corrected chi connectivity index (χ4v) is 5.11. The highest BCUT2D eigenvalue weighted by Crippen LogP contribution is 2.59. The van der Waals surface area contributed by atoms with Gasteiger partial charge in [-0.1, -0.05) is 18.2 Å². The maximum Gasteiger partial charge on any atom is 0.310 e. The molecule has 160 valence electrons. The van der Waals surface area contributed by atoms with E-state index in [0.717, 1.165) is 34.8 Å². The smallest absolute Gasteiger partial charge is 0.310 e. The lowest BCUT2D eigenvalue weighted by molar-refractivity contribution is -0.140. The molecule has 5 rings (SSSR count). The summed E-state index contributed by atoms with van der Waals surface area (Å²) in [5, 5.41) is 9.23. The summed E-state index contributed by atoms with van der Waals surface area (Å²) in [6, 6.07) is 12.5. The van der Waals surface area contributed by atoms with Crippen LogP contribution in [0.3, 0.4) is 0 Å². The van der Waals surface area contributed by atoms with Gasteiger partial charge in [-0.2, -0.15) is 0 Å². The Hall–Kier alpha value is -3.21. The summed E-state index contributed by atoms with van der Waals surface area (Å²) in [4.78, 5) is 11.2. The van der Waals surface area contributed by atoms with Gasteiger partial charge in [0.1, 0.15) is 35.9 Å². The molecule has 2 aromatic carbocycles. The van der Waals surface area contributed by atoms with Crippen LogP contribution in [-0.4, -0.2) is 24.3 Å². The molecule has 31 heavy (non-hydrogen) atoms. The molecule has 1 saturated heterocycles. The van der Waals surface area contributed by atoms with Gasteiger partial charge in [-0.05, 0) is 72.4 Å². The number of hydrogen-bond acceptors (Lipinski definition) is 4. The number of ether oxygens (including phenoxy) is 3. The summed E-state index contributed by atoms with van der Waals surface area (Å²) in [5.74, 6) is 1.75.